The Morgan fingerprint density at radius 3 is 2.52 bits per heavy atom. The Morgan fingerprint density at radius 2 is 1.90 bits per heavy atom. The number of hydrogen-bond donors (Lipinski definition) is 3. The first-order valence-electron chi connectivity index (χ1n) is 9.54. The molecule has 0 saturated carbocycles. The number of aliphatic imine (C=N–C) groups is 1. The Balaban J connectivity index is 0.00000420. The second-order valence-electron chi connectivity index (χ2n) is 6.78. The SMILES string of the molecule is CN=C(NCCOCCC(C)C)NCc1ccc(NC(=O)c2ccco2)cc1.I. The summed E-state index contributed by atoms with van der Waals surface area (Å²) in [5.74, 6) is 1.40. The largest absolute Gasteiger partial charge is 0.459 e. The predicted molar refractivity (Wildman–Crippen MR) is 127 cm³/mol. The topological polar surface area (TPSA) is 87.9 Å². The zero-order chi connectivity index (χ0) is 20.2. The summed E-state index contributed by atoms with van der Waals surface area (Å²) in [6.07, 6.45) is 2.55. The molecule has 2 rings (SSSR count). The first-order chi connectivity index (χ1) is 13.6. The normalized spacial score (nSPS) is 11.1. The van der Waals surface area contributed by atoms with Crippen molar-refractivity contribution in [2.75, 3.05) is 32.1 Å². The summed E-state index contributed by atoms with van der Waals surface area (Å²) in [5.41, 5.74) is 1.79. The minimum absolute atomic E-state index is 0. The summed E-state index contributed by atoms with van der Waals surface area (Å²) < 4.78 is 10.7. The third kappa shape index (κ3) is 9.80. The summed E-state index contributed by atoms with van der Waals surface area (Å²) in [5, 5.41) is 9.28. The zero-order valence-electron chi connectivity index (χ0n) is 17.2. The van der Waals surface area contributed by atoms with Crippen molar-refractivity contribution in [3.63, 3.8) is 0 Å². The van der Waals surface area contributed by atoms with E-state index in [0.717, 1.165) is 24.6 Å². The standard InChI is InChI=1S/C21H30N4O3.HI/c1-16(2)10-13-27-14-11-23-21(22-3)24-15-17-6-8-18(9-7-17)25-20(26)19-5-4-12-28-19;/h4-9,12,16H,10-11,13-15H2,1-3H3,(H,25,26)(H2,22,23,24);1H. The Morgan fingerprint density at radius 1 is 1.14 bits per heavy atom. The van der Waals surface area contributed by atoms with Gasteiger partial charge in [-0.15, -0.1) is 24.0 Å². The molecule has 8 heteroatoms. The second kappa shape index (κ2) is 14.0. The minimum Gasteiger partial charge on any atom is -0.459 e. The van der Waals surface area contributed by atoms with Crippen LogP contribution in [0.1, 0.15) is 36.4 Å². The summed E-state index contributed by atoms with van der Waals surface area (Å²) >= 11 is 0. The quantitative estimate of drug-likeness (QED) is 0.194. The van der Waals surface area contributed by atoms with E-state index in [0.29, 0.717) is 31.3 Å². The smallest absolute Gasteiger partial charge is 0.291 e. The van der Waals surface area contributed by atoms with Crippen LogP contribution in [0.15, 0.2) is 52.1 Å². The number of carbonyl (C=O) groups is 1. The number of carbonyl (C=O) groups excluding carboxylic acids is 1. The third-order valence-corrected chi connectivity index (χ3v) is 4.02. The predicted octanol–water partition coefficient (Wildman–Crippen LogP) is 3.88. The highest BCUT2D eigenvalue weighted by molar-refractivity contribution is 14.0. The van der Waals surface area contributed by atoms with Crippen molar-refractivity contribution in [1.29, 1.82) is 0 Å². The molecule has 0 aliphatic rings. The lowest BCUT2D eigenvalue weighted by Crippen LogP contribution is -2.38. The maximum Gasteiger partial charge on any atom is 0.291 e. The highest BCUT2D eigenvalue weighted by Crippen LogP contribution is 2.11. The molecule has 0 atom stereocenters. The van der Waals surface area contributed by atoms with E-state index in [9.17, 15) is 4.79 Å². The molecule has 1 aromatic carbocycles. The molecule has 0 saturated heterocycles. The molecular weight excluding hydrogens is 483 g/mol. The number of nitrogens with zero attached hydrogens (tertiary/aromatic N) is 1. The van der Waals surface area contributed by atoms with Crippen LogP contribution in [0.2, 0.25) is 0 Å². The molecule has 0 radical (unpaired) electrons. The lowest BCUT2D eigenvalue weighted by atomic mass is 10.1. The molecule has 2 aromatic rings. The van der Waals surface area contributed by atoms with Crippen molar-refractivity contribution in [3.05, 3.63) is 54.0 Å². The maximum absolute atomic E-state index is 12.0. The number of hydrogen-bond acceptors (Lipinski definition) is 4. The van der Waals surface area contributed by atoms with Gasteiger partial charge in [-0.1, -0.05) is 26.0 Å². The van der Waals surface area contributed by atoms with Gasteiger partial charge in [0.2, 0.25) is 0 Å². The number of ether oxygens (including phenoxy) is 1. The highest BCUT2D eigenvalue weighted by atomic mass is 127. The fraction of sp³-hybridized carbons (Fsp3) is 0.429. The van der Waals surface area contributed by atoms with E-state index in [1.54, 1.807) is 19.2 Å². The van der Waals surface area contributed by atoms with Gasteiger partial charge in [-0.25, -0.2) is 0 Å². The first-order valence-corrected chi connectivity index (χ1v) is 9.54. The van der Waals surface area contributed by atoms with Crippen LogP contribution in [-0.4, -0.2) is 38.7 Å². The average Bonchev–Trinajstić information content (AvgIpc) is 3.23. The van der Waals surface area contributed by atoms with Gasteiger partial charge in [-0.05, 0) is 42.2 Å². The molecule has 160 valence electrons. The lowest BCUT2D eigenvalue weighted by Gasteiger charge is -2.13. The molecule has 0 unspecified atom stereocenters. The van der Waals surface area contributed by atoms with E-state index in [1.807, 2.05) is 24.3 Å². The average molecular weight is 514 g/mol. The molecule has 0 spiro atoms. The fourth-order valence-electron chi connectivity index (χ4n) is 2.38. The van der Waals surface area contributed by atoms with Crippen molar-refractivity contribution in [1.82, 2.24) is 10.6 Å². The Kier molecular flexibility index (Phi) is 12.1. The van der Waals surface area contributed by atoms with Crippen LogP contribution < -0.4 is 16.0 Å². The van der Waals surface area contributed by atoms with Crippen LogP contribution in [0.3, 0.4) is 0 Å². The summed E-state index contributed by atoms with van der Waals surface area (Å²) in [4.78, 5) is 16.2. The van der Waals surface area contributed by atoms with E-state index < -0.39 is 0 Å². The fourth-order valence-corrected chi connectivity index (χ4v) is 2.38. The molecule has 1 aromatic heterocycles. The number of benzene rings is 1. The summed E-state index contributed by atoms with van der Waals surface area (Å²) in [7, 11) is 1.74. The Bertz CT molecular complexity index is 731. The number of guanidine groups is 1. The number of rotatable bonds is 10. The molecule has 29 heavy (non-hydrogen) atoms. The molecule has 0 aliphatic carbocycles. The van der Waals surface area contributed by atoms with E-state index in [2.05, 4.69) is 34.8 Å². The highest BCUT2D eigenvalue weighted by Gasteiger charge is 2.08. The number of anilines is 1. The minimum atomic E-state index is -0.268. The van der Waals surface area contributed by atoms with Crippen LogP contribution in [-0.2, 0) is 11.3 Å². The molecule has 0 aliphatic heterocycles. The second-order valence-corrected chi connectivity index (χ2v) is 6.78. The van der Waals surface area contributed by atoms with Crippen LogP contribution >= 0.6 is 24.0 Å². The van der Waals surface area contributed by atoms with Gasteiger partial charge in [0, 0.05) is 32.4 Å². The van der Waals surface area contributed by atoms with E-state index >= 15 is 0 Å². The van der Waals surface area contributed by atoms with Crippen LogP contribution in [0.5, 0.6) is 0 Å². The number of amides is 1. The van der Waals surface area contributed by atoms with Crippen LogP contribution in [0.25, 0.3) is 0 Å². The molecule has 1 heterocycles. The monoisotopic (exact) mass is 514 g/mol. The number of furan rings is 1. The Labute approximate surface area is 189 Å². The van der Waals surface area contributed by atoms with E-state index in [1.165, 1.54) is 6.26 Å². The summed E-state index contributed by atoms with van der Waals surface area (Å²) in [6.45, 7) is 7.14. The first kappa shape index (κ1) is 25.0. The number of halogens is 1. The molecular formula is C21H31IN4O3. The molecule has 3 N–H and O–H groups in total. The van der Waals surface area contributed by atoms with E-state index in [-0.39, 0.29) is 35.6 Å². The molecule has 0 fully saturated rings. The van der Waals surface area contributed by atoms with Gasteiger partial charge >= 0.3 is 0 Å². The van der Waals surface area contributed by atoms with Gasteiger partial charge in [-0.2, -0.15) is 0 Å². The van der Waals surface area contributed by atoms with Gasteiger partial charge in [0.25, 0.3) is 5.91 Å². The van der Waals surface area contributed by atoms with Gasteiger partial charge in [-0.3, -0.25) is 9.79 Å². The van der Waals surface area contributed by atoms with Crippen molar-refractivity contribution in [2.45, 2.75) is 26.8 Å². The maximum atomic E-state index is 12.0. The van der Waals surface area contributed by atoms with Gasteiger partial charge in [0.05, 0.1) is 12.9 Å². The number of nitrogens with one attached hydrogen (secondary N) is 3. The van der Waals surface area contributed by atoms with Crippen molar-refractivity contribution in [3.8, 4) is 0 Å². The van der Waals surface area contributed by atoms with Crippen molar-refractivity contribution in [2.24, 2.45) is 10.9 Å². The molecule has 0 bridgehead atoms. The Hall–Kier alpha value is -2.07. The molecule has 7 nitrogen and oxygen atoms in total. The third-order valence-electron chi connectivity index (χ3n) is 4.02. The molecule has 1 amide bonds. The zero-order valence-corrected chi connectivity index (χ0v) is 19.6. The van der Waals surface area contributed by atoms with Gasteiger partial charge in [0.1, 0.15) is 0 Å². The summed E-state index contributed by atoms with van der Waals surface area (Å²) in [6, 6.07) is 10.9. The van der Waals surface area contributed by atoms with Crippen molar-refractivity contribution >= 4 is 41.5 Å². The van der Waals surface area contributed by atoms with Gasteiger partial charge in [0.15, 0.2) is 11.7 Å². The van der Waals surface area contributed by atoms with Crippen LogP contribution in [0, 0.1) is 5.92 Å². The van der Waals surface area contributed by atoms with Crippen LogP contribution in [0.4, 0.5) is 5.69 Å². The van der Waals surface area contributed by atoms with Crippen molar-refractivity contribution < 1.29 is 13.9 Å². The van der Waals surface area contributed by atoms with Gasteiger partial charge < -0.3 is 25.1 Å². The van der Waals surface area contributed by atoms with E-state index in [4.69, 9.17) is 9.15 Å². The lowest BCUT2D eigenvalue weighted by molar-refractivity contribution is 0.0996.